The zero-order valence-corrected chi connectivity index (χ0v) is 13.7. The van der Waals surface area contributed by atoms with Crippen molar-refractivity contribution in [2.45, 2.75) is 32.7 Å². The number of rotatable bonds is 6. The number of aliphatic carboxylic acids is 1. The van der Waals surface area contributed by atoms with E-state index in [1.54, 1.807) is 0 Å². The SMILES string of the molecule is Cc1ccc(C[C@H](NC(=O)Cc2ccc(F)cc2)C(=O)O)cc1C. The Kier molecular flexibility index (Phi) is 5.68. The van der Waals surface area contributed by atoms with Crippen LogP contribution in [0.5, 0.6) is 0 Å². The number of hydrogen-bond donors (Lipinski definition) is 2. The second-order valence-electron chi connectivity index (χ2n) is 5.88. The van der Waals surface area contributed by atoms with Crippen molar-refractivity contribution in [2.75, 3.05) is 0 Å². The highest BCUT2D eigenvalue weighted by Crippen LogP contribution is 2.12. The van der Waals surface area contributed by atoms with Gasteiger partial charge >= 0.3 is 5.97 Å². The number of benzene rings is 2. The van der Waals surface area contributed by atoms with Crippen LogP contribution in [-0.4, -0.2) is 23.0 Å². The van der Waals surface area contributed by atoms with Gasteiger partial charge in [0.1, 0.15) is 11.9 Å². The largest absolute Gasteiger partial charge is 0.480 e. The van der Waals surface area contributed by atoms with E-state index in [0.717, 1.165) is 16.7 Å². The van der Waals surface area contributed by atoms with Crippen molar-refractivity contribution in [2.24, 2.45) is 0 Å². The standard InChI is InChI=1S/C19H20FNO3/c1-12-3-4-15(9-13(12)2)10-17(19(23)24)21-18(22)11-14-5-7-16(20)8-6-14/h3-9,17H,10-11H2,1-2H3,(H,21,22)(H,23,24)/t17-/m0/s1. The molecule has 0 unspecified atom stereocenters. The molecule has 2 aromatic carbocycles. The van der Waals surface area contributed by atoms with Gasteiger partial charge in [0.2, 0.25) is 5.91 Å². The number of nitrogens with one attached hydrogen (secondary N) is 1. The molecule has 1 amide bonds. The number of aryl methyl sites for hydroxylation is 2. The molecule has 0 fully saturated rings. The zero-order valence-electron chi connectivity index (χ0n) is 13.7. The molecule has 0 saturated heterocycles. The van der Waals surface area contributed by atoms with E-state index in [0.29, 0.717) is 5.56 Å². The molecule has 24 heavy (non-hydrogen) atoms. The highest BCUT2D eigenvalue weighted by molar-refractivity contribution is 5.85. The first-order valence-electron chi connectivity index (χ1n) is 7.68. The number of carbonyl (C=O) groups is 2. The highest BCUT2D eigenvalue weighted by atomic mass is 19.1. The molecule has 0 aromatic heterocycles. The average Bonchev–Trinajstić information content (AvgIpc) is 2.52. The summed E-state index contributed by atoms with van der Waals surface area (Å²) in [7, 11) is 0. The van der Waals surface area contributed by atoms with Crippen LogP contribution in [0.15, 0.2) is 42.5 Å². The third-order valence-corrected chi connectivity index (χ3v) is 3.92. The van der Waals surface area contributed by atoms with Crippen LogP contribution >= 0.6 is 0 Å². The second kappa shape index (κ2) is 7.73. The van der Waals surface area contributed by atoms with Crippen LogP contribution in [0.3, 0.4) is 0 Å². The molecular weight excluding hydrogens is 309 g/mol. The lowest BCUT2D eigenvalue weighted by atomic mass is 10.0. The highest BCUT2D eigenvalue weighted by Gasteiger charge is 2.20. The van der Waals surface area contributed by atoms with Gasteiger partial charge in [-0.05, 0) is 48.2 Å². The minimum Gasteiger partial charge on any atom is -0.480 e. The molecule has 0 aliphatic rings. The van der Waals surface area contributed by atoms with E-state index >= 15 is 0 Å². The summed E-state index contributed by atoms with van der Waals surface area (Å²) < 4.78 is 12.9. The molecule has 126 valence electrons. The molecule has 2 N–H and O–H groups in total. The summed E-state index contributed by atoms with van der Waals surface area (Å²) >= 11 is 0. The minimum atomic E-state index is -1.08. The second-order valence-corrected chi connectivity index (χ2v) is 5.88. The van der Waals surface area contributed by atoms with E-state index in [2.05, 4.69) is 5.32 Å². The summed E-state index contributed by atoms with van der Waals surface area (Å²) in [5.74, 6) is -1.86. The van der Waals surface area contributed by atoms with Crippen LogP contribution in [0.1, 0.15) is 22.3 Å². The van der Waals surface area contributed by atoms with Gasteiger partial charge in [-0.2, -0.15) is 0 Å². The molecule has 4 nitrogen and oxygen atoms in total. The van der Waals surface area contributed by atoms with Gasteiger partial charge in [-0.15, -0.1) is 0 Å². The molecule has 0 heterocycles. The molecule has 0 aliphatic heterocycles. The van der Waals surface area contributed by atoms with Crippen LogP contribution in [0, 0.1) is 19.7 Å². The first kappa shape index (κ1) is 17.7. The molecule has 0 spiro atoms. The Morgan fingerprint density at radius 1 is 1.04 bits per heavy atom. The summed E-state index contributed by atoms with van der Waals surface area (Å²) in [6.45, 7) is 3.94. The molecule has 2 rings (SSSR count). The van der Waals surface area contributed by atoms with Crippen LogP contribution in [0.4, 0.5) is 4.39 Å². The monoisotopic (exact) mass is 329 g/mol. The number of amides is 1. The summed E-state index contributed by atoms with van der Waals surface area (Å²) in [6.07, 6.45) is 0.225. The molecule has 1 atom stereocenters. The lowest BCUT2D eigenvalue weighted by Crippen LogP contribution is -2.43. The maximum atomic E-state index is 12.9. The van der Waals surface area contributed by atoms with Crippen molar-refractivity contribution in [1.82, 2.24) is 5.32 Å². The van der Waals surface area contributed by atoms with Gasteiger partial charge in [-0.25, -0.2) is 9.18 Å². The summed E-state index contributed by atoms with van der Waals surface area (Å²) in [6, 6.07) is 10.3. The number of carbonyl (C=O) groups excluding carboxylic acids is 1. The zero-order chi connectivity index (χ0) is 17.7. The van der Waals surface area contributed by atoms with Crippen LogP contribution in [0.2, 0.25) is 0 Å². The van der Waals surface area contributed by atoms with E-state index in [1.165, 1.54) is 24.3 Å². The lowest BCUT2D eigenvalue weighted by molar-refractivity contribution is -0.141. The number of carboxylic acid groups (broad SMARTS) is 1. The van der Waals surface area contributed by atoms with Gasteiger partial charge in [-0.1, -0.05) is 30.3 Å². The molecule has 5 heteroatoms. The van der Waals surface area contributed by atoms with Crippen LogP contribution < -0.4 is 5.32 Å². The van der Waals surface area contributed by atoms with Crippen molar-refractivity contribution < 1.29 is 19.1 Å². The molecule has 0 saturated carbocycles. The quantitative estimate of drug-likeness (QED) is 0.856. The van der Waals surface area contributed by atoms with E-state index in [4.69, 9.17) is 0 Å². The van der Waals surface area contributed by atoms with Crippen LogP contribution in [-0.2, 0) is 22.4 Å². The number of hydrogen-bond acceptors (Lipinski definition) is 2. The van der Waals surface area contributed by atoms with Gasteiger partial charge in [0.15, 0.2) is 0 Å². The Labute approximate surface area is 140 Å². The molecule has 2 aromatic rings. The fourth-order valence-electron chi connectivity index (χ4n) is 2.40. The topological polar surface area (TPSA) is 66.4 Å². The van der Waals surface area contributed by atoms with Gasteiger partial charge < -0.3 is 10.4 Å². The minimum absolute atomic E-state index is 0.0109. The molecule has 0 radical (unpaired) electrons. The van der Waals surface area contributed by atoms with Crippen molar-refractivity contribution >= 4 is 11.9 Å². The Hall–Kier alpha value is -2.69. The van der Waals surface area contributed by atoms with Crippen molar-refractivity contribution in [3.8, 4) is 0 Å². The first-order chi connectivity index (χ1) is 11.3. The number of carboxylic acids is 1. The maximum Gasteiger partial charge on any atom is 0.326 e. The van der Waals surface area contributed by atoms with E-state index in [-0.39, 0.29) is 18.7 Å². The Bertz CT molecular complexity index is 741. The van der Waals surface area contributed by atoms with E-state index in [9.17, 15) is 19.1 Å². The third kappa shape index (κ3) is 4.91. The fraction of sp³-hybridized carbons (Fsp3) is 0.263. The van der Waals surface area contributed by atoms with Crippen molar-refractivity contribution in [3.05, 3.63) is 70.5 Å². The molecule has 0 bridgehead atoms. The Morgan fingerprint density at radius 2 is 1.67 bits per heavy atom. The smallest absolute Gasteiger partial charge is 0.326 e. The number of halogens is 1. The Morgan fingerprint density at radius 3 is 2.25 bits per heavy atom. The van der Waals surface area contributed by atoms with Gasteiger partial charge in [0.25, 0.3) is 0 Å². The van der Waals surface area contributed by atoms with Gasteiger partial charge in [0, 0.05) is 6.42 Å². The molecular formula is C19H20FNO3. The van der Waals surface area contributed by atoms with E-state index in [1.807, 2.05) is 32.0 Å². The van der Waals surface area contributed by atoms with Crippen LogP contribution in [0.25, 0.3) is 0 Å². The predicted octanol–water partition coefficient (Wildman–Crippen LogP) is 2.80. The van der Waals surface area contributed by atoms with Gasteiger partial charge in [-0.3, -0.25) is 4.79 Å². The van der Waals surface area contributed by atoms with Crippen molar-refractivity contribution in [1.29, 1.82) is 0 Å². The third-order valence-electron chi connectivity index (χ3n) is 3.92. The predicted molar refractivity (Wildman–Crippen MR) is 89.3 cm³/mol. The fourth-order valence-corrected chi connectivity index (χ4v) is 2.40. The lowest BCUT2D eigenvalue weighted by Gasteiger charge is -2.15. The summed E-state index contributed by atoms with van der Waals surface area (Å²) in [5.41, 5.74) is 3.69. The normalized spacial score (nSPS) is 11.8. The van der Waals surface area contributed by atoms with Crippen molar-refractivity contribution in [3.63, 3.8) is 0 Å². The first-order valence-corrected chi connectivity index (χ1v) is 7.68. The van der Waals surface area contributed by atoms with Gasteiger partial charge in [0.05, 0.1) is 6.42 Å². The maximum absolute atomic E-state index is 12.9. The Balaban J connectivity index is 2.02. The summed E-state index contributed by atoms with van der Waals surface area (Å²) in [4.78, 5) is 23.5. The molecule has 0 aliphatic carbocycles. The van der Waals surface area contributed by atoms with E-state index < -0.39 is 17.9 Å². The average molecular weight is 329 g/mol. The summed E-state index contributed by atoms with van der Waals surface area (Å²) in [5, 5.41) is 11.9.